The topological polar surface area (TPSA) is 89.9 Å². The van der Waals surface area contributed by atoms with Crippen molar-refractivity contribution in [3.05, 3.63) is 71.7 Å². The number of aromatic nitrogens is 1. The molecule has 1 unspecified atom stereocenters. The minimum absolute atomic E-state index is 0.0650. The van der Waals surface area contributed by atoms with Gasteiger partial charge in [0.05, 0.1) is 26.5 Å². The molecule has 0 saturated heterocycles. The molecule has 1 aromatic heterocycles. The second-order valence-electron chi connectivity index (χ2n) is 7.86. The maximum Gasteiger partial charge on any atom is 0.424 e. The second-order valence-corrected chi connectivity index (χ2v) is 7.86. The van der Waals surface area contributed by atoms with Crippen molar-refractivity contribution >= 4 is 5.91 Å². The number of hydrogen-bond acceptors (Lipinski definition) is 6. The van der Waals surface area contributed by atoms with Gasteiger partial charge in [-0.15, -0.1) is 0 Å². The Kier molecular flexibility index (Phi) is 8.71. The molecule has 3 aromatic rings. The van der Waals surface area contributed by atoms with Gasteiger partial charge < -0.3 is 24.6 Å². The van der Waals surface area contributed by atoms with E-state index in [0.717, 1.165) is 42.5 Å². The molecule has 38 heavy (non-hydrogen) atoms. The molecule has 1 amide bonds. The molecule has 1 heterocycles. The average molecular weight is 544 g/mol. The fraction of sp³-hybridized carbons (Fsp3) is 0.280. The van der Waals surface area contributed by atoms with Gasteiger partial charge in [-0.2, -0.15) is 13.2 Å². The number of carbonyl (C=O) groups excluding carboxylic acids is 1. The molecule has 7 nitrogen and oxygen atoms in total. The molecule has 0 fully saturated rings. The normalized spacial score (nSPS) is 13.1. The van der Waals surface area contributed by atoms with Crippen LogP contribution in [0.4, 0.5) is 26.3 Å². The summed E-state index contributed by atoms with van der Waals surface area (Å²) < 4.78 is 95.5. The smallest absolute Gasteiger partial charge is 0.424 e. The monoisotopic (exact) mass is 544 g/mol. The van der Waals surface area contributed by atoms with Gasteiger partial charge in [-0.25, -0.2) is 18.2 Å². The van der Waals surface area contributed by atoms with Crippen LogP contribution in [0.25, 0.3) is 11.3 Å². The van der Waals surface area contributed by atoms with Gasteiger partial charge in [-0.05, 0) is 54.6 Å². The van der Waals surface area contributed by atoms with Crippen LogP contribution in [0.2, 0.25) is 0 Å². The maximum atomic E-state index is 14.1. The first-order chi connectivity index (χ1) is 17.9. The van der Waals surface area contributed by atoms with E-state index in [9.17, 15) is 36.2 Å². The van der Waals surface area contributed by atoms with Gasteiger partial charge in [0, 0.05) is 11.1 Å². The summed E-state index contributed by atoms with van der Waals surface area (Å²) >= 11 is 0. The van der Waals surface area contributed by atoms with Gasteiger partial charge in [-0.1, -0.05) is 0 Å². The SMILES string of the molecule is COc1cc(C(=O)NCC(O)(c2ccc(OC)c(-c3ccc(F)cc3)n2)C(F)(F)F)ccc1OCC(F)F. The van der Waals surface area contributed by atoms with Gasteiger partial charge in [0.25, 0.3) is 12.3 Å². The maximum absolute atomic E-state index is 14.1. The van der Waals surface area contributed by atoms with E-state index in [4.69, 9.17) is 14.2 Å². The number of amides is 1. The fourth-order valence-corrected chi connectivity index (χ4v) is 3.38. The zero-order chi connectivity index (χ0) is 28.1. The van der Waals surface area contributed by atoms with E-state index < -0.39 is 48.8 Å². The largest absolute Gasteiger partial charge is 0.494 e. The highest BCUT2D eigenvalue weighted by molar-refractivity contribution is 5.95. The van der Waals surface area contributed by atoms with Crippen molar-refractivity contribution in [3.63, 3.8) is 0 Å². The van der Waals surface area contributed by atoms with Crippen LogP contribution in [0.15, 0.2) is 54.6 Å². The molecule has 2 N–H and O–H groups in total. The lowest BCUT2D eigenvalue weighted by Gasteiger charge is -2.30. The lowest BCUT2D eigenvalue weighted by Crippen LogP contribution is -2.51. The molecule has 2 aromatic carbocycles. The van der Waals surface area contributed by atoms with Crippen molar-refractivity contribution in [2.24, 2.45) is 0 Å². The van der Waals surface area contributed by atoms with Crippen LogP contribution < -0.4 is 19.5 Å². The zero-order valence-corrected chi connectivity index (χ0v) is 20.0. The van der Waals surface area contributed by atoms with Gasteiger partial charge in [0.15, 0.2) is 11.5 Å². The predicted molar refractivity (Wildman–Crippen MR) is 123 cm³/mol. The number of methoxy groups -OCH3 is 2. The molecule has 204 valence electrons. The third-order valence-electron chi connectivity index (χ3n) is 5.38. The Hall–Kier alpha value is -4.00. The van der Waals surface area contributed by atoms with E-state index in [0.29, 0.717) is 0 Å². The molecular formula is C25H22F6N2O5. The van der Waals surface area contributed by atoms with E-state index in [2.05, 4.69) is 4.98 Å². The van der Waals surface area contributed by atoms with Crippen LogP contribution >= 0.6 is 0 Å². The van der Waals surface area contributed by atoms with Crippen molar-refractivity contribution in [1.82, 2.24) is 10.3 Å². The first-order valence-electron chi connectivity index (χ1n) is 10.9. The Morgan fingerprint density at radius 1 is 0.974 bits per heavy atom. The highest BCUT2D eigenvalue weighted by Crippen LogP contribution is 2.40. The molecule has 1 atom stereocenters. The second kappa shape index (κ2) is 11.6. The summed E-state index contributed by atoms with van der Waals surface area (Å²) in [6.07, 6.45) is -8.05. The zero-order valence-electron chi connectivity index (χ0n) is 20.0. The highest BCUT2D eigenvalue weighted by atomic mass is 19.4. The van der Waals surface area contributed by atoms with Gasteiger partial charge in [-0.3, -0.25) is 4.79 Å². The standard InChI is InChI=1S/C25H22F6N2O5/c1-36-18-9-10-20(33-22(18)14-3-6-16(26)7-4-14)24(35,25(29,30)31)13-32-23(34)15-5-8-17(19(11-15)37-2)38-12-21(27)28/h3-11,21,35H,12-13H2,1-2H3,(H,32,34). The van der Waals surface area contributed by atoms with Crippen molar-refractivity contribution in [2.75, 3.05) is 27.4 Å². The number of nitrogens with one attached hydrogen (secondary N) is 1. The van der Waals surface area contributed by atoms with Crippen LogP contribution in [0.1, 0.15) is 16.1 Å². The van der Waals surface area contributed by atoms with Crippen LogP contribution in [0.3, 0.4) is 0 Å². The fourth-order valence-electron chi connectivity index (χ4n) is 3.38. The first kappa shape index (κ1) is 28.6. The lowest BCUT2D eigenvalue weighted by atomic mass is 9.96. The van der Waals surface area contributed by atoms with Gasteiger partial charge >= 0.3 is 6.18 Å². The molecule has 0 bridgehead atoms. The molecule has 0 saturated carbocycles. The van der Waals surface area contributed by atoms with E-state index >= 15 is 0 Å². The number of alkyl halides is 5. The van der Waals surface area contributed by atoms with E-state index in [1.54, 1.807) is 0 Å². The number of pyridine rings is 1. The third-order valence-corrected chi connectivity index (χ3v) is 5.38. The Balaban J connectivity index is 1.90. The number of halogens is 6. The van der Waals surface area contributed by atoms with Gasteiger partial charge in [0.1, 0.15) is 23.9 Å². The summed E-state index contributed by atoms with van der Waals surface area (Å²) in [5, 5.41) is 12.8. The van der Waals surface area contributed by atoms with Crippen LogP contribution in [0.5, 0.6) is 17.2 Å². The summed E-state index contributed by atoms with van der Waals surface area (Å²) in [6.45, 7) is -2.27. The van der Waals surface area contributed by atoms with E-state index in [1.807, 2.05) is 5.32 Å². The molecule has 0 aliphatic rings. The molecule has 13 heteroatoms. The first-order valence-corrected chi connectivity index (χ1v) is 10.9. The molecular weight excluding hydrogens is 522 g/mol. The molecule has 3 rings (SSSR count). The highest BCUT2D eigenvalue weighted by Gasteiger charge is 2.56. The number of ether oxygens (including phenoxy) is 3. The minimum atomic E-state index is -5.29. The van der Waals surface area contributed by atoms with Crippen molar-refractivity contribution in [3.8, 4) is 28.5 Å². The third kappa shape index (κ3) is 6.28. The minimum Gasteiger partial charge on any atom is -0.494 e. The summed E-state index contributed by atoms with van der Waals surface area (Å²) in [5.74, 6) is -1.76. The van der Waals surface area contributed by atoms with Crippen LogP contribution in [-0.2, 0) is 5.60 Å². The predicted octanol–water partition coefficient (Wildman–Crippen LogP) is 4.73. The molecule has 0 aliphatic heterocycles. The van der Waals surface area contributed by atoms with Crippen molar-refractivity contribution in [2.45, 2.75) is 18.2 Å². The molecule has 0 radical (unpaired) electrons. The van der Waals surface area contributed by atoms with Crippen LogP contribution in [-0.4, -0.2) is 56.0 Å². The average Bonchev–Trinajstić information content (AvgIpc) is 2.89. The van der Waals surface area contributed by atoms with E-state index in [1.165, 1.54) is 26.4 Å². The summed E-state index contributed by atoms with van der Waals surface area (Å²) in [6, 6.07) is 10.1. The number of rotatable bonds is 10. The number of nitrogens with zero attached hydrogens (tertiary/aromatic N) is 1. The van der Waals surface area contributed by atoms with Gasteiger partial charge in [0.2, 0.25) is 5.60 Å². The number of aliphatic hydroxyl groups is 1. The number of carbonyl (C=O) groups is 1. The van der Waals surface area contributed by atoms with Crippen LogP contribution in [0, 0.1) is 5.82 Å². The van der Waals surface area contributed by atoms with E-state index in [-0.39, 0.29) is 34.1 Å². The number of benzene rings is 2. The quantitative estimate of drug-likeness (QED) is 0.359. The van der Waals surface area contributed by atoms with Crippen molar-refractivity contribution < 1.29 is 50.5 Å². The Bertz CT molecular complexity index is 1270. The van der Waals surface area contributed by atoms with Crippen molar-refractivity contribution in [1.29, 1.82) is 0 Å². The lowest BCUT2D eigenvalue weighted by molar-refractivity contribution is -0.265. The summed E-state index contributed by atoms with van der Waals surface area (Å²) in [7, 11) is 2.45. The Morgan fingerprint density at radius 3 is 2.18 bits per heavy atom. The summed E-state index contributed by atoms with van der Waals surface area (Å²) in [5.41, 5.74) is -4.54. The molecule has 0 spiro atoms. The molecule has 0 aliphatic carbocycles. The Labute approximate surface area is 213 Å². The number of hydrogen-bond donors (Lipinski definition) is 2. The summed E-state index contributed by atoms with van der Waals surface area (Å²) in [4.78, 5) is 16.6. The Morgan fingerprint density at radius 2 is 1.61 bits per heavy atom.